The van der Waals surface area contributed by atoms with Crippen LogP contribution < -0.4 is 5.32 Å². The third-order valence-electron chi connectivity index (χ3n) is 8.11. The van der Waals surface area contributed by atoms with Crippen LogP contribution in [0.25, 0.3) is 5.69 Å². The molecule has 8 heteroatoms. The molecule has 1 unspecified atom stereocenters. The molecular weight excluding hydrogens is 476 g/mol. The summed E-state index contributed by atoms with van der Waals surface area (Å²) in [6.07, 6.45) is 5.34. The Kier molecular flexibility index (Phi) is 7.34. The molecule has 2 saturated heterocycles. The maximum atomic E-state index is 13.8. The number of carbonyl (C=O) groups excluding carboxylic acids is 2. The average Bonchev–Trinajstić information content (AvgIpc) is 3.20. The number of aryl methyl sites for hydroxylation is 1. The minimum absolute atomic E-state index is 0.0132. The van der Waals surface area contributed by atoms with E-state index in [9.17, 15) is 9.59 Å². The fourth-order valence-electron chi connectivity index (χ4n) is 5.93. The van der Waals surface area contributed by atoms with Crippen molar-refractivity contribution in [2.45, 2.75) is 71.6 Å². The molecular formula is C30H38N6O2. The van der Waals surface area contributed by atoms with Gasteiger partial charge in [0.15, 0.2) is 0 Å². The monoisotopic (exact) mass is 514 g/mol. The molecule has 8 nitrogen and oxygen atoms in total. The van der Waals surface area contributed by atoms with Crippen LogP contribution in [0.15, 0.2) is 54.9 Å². The molecule has 2 amide bonds. The summed E-state index contributed by atoms with van der Waals surface area (Å²) in [5.41, 5.74) is 4.59. The van der Waals surface area contributed by atoms with E-state index in [0.29, 0.717) is 31.7 Å². The zero-order chi connectivity index (χ0) is 26.9. The minimum atomic E-state index is -0.831. The first kappa shape index (κ1) is 26.1. The van der Waals surface area contributed by atoms with E-state index in [1.165, 1.54) is 5.56 Å². The van der Waals surface area contributed by atoms with Crippen LogP contribution in [0.5, 0.6) is 0 Å². The van der Waals surface area contributed by atoms with Crippen LogP contribution in [0, 0.1) is 19.8 Å². The summed E-state index contributed by atoms with van der Waals surface area (Å²) >= 11 is 0. The first-order valence-electron chi connectivity index (χ1n) is 13.6. The molecule has 0 bridgehead atoms. The van der Waals surface area contributed by atoms with Crippen molar-refractivity contribution >= 4 is 11.8 Å². The number of nitrogens with zero attached hydrogens (tertiary/aromatic N) is 5. The lowest BCUT2D eigenvalue weighted by atomic mass is 9.80. The number of rotatable bonds is 7. The van der Waals surface area contributed by atoms with Crippen LogP contribution >= 0.6 is 0 Å². The Morgan fingerprint density at radius 3 is 2.34 bits per heavy atom. The van der Waals surface area contributed by atoms with Crippen molar-refractivity contribution in [2.24, 2.45) is 5.92 Å². The van der Waals surface area contributed by atoms with Gasteiger partial charge in [0.1, 0.15) is 11.6 Å². The van der Waals surface area contributed by atoms with E-state index in [4.69, 9.17) is 5.10 Å². The van der Waals surface area contributed by atoms with Gasteiger partial charge in [-0.05, 0) is 68.9 Å². The Hall–Kier alpha value is -3.52. The van der Waals surface area contributed by atoms with Gasteiger partial charge in [0.05, 0.1) is 11.4 Å². The Morgan fingerprint density at radius 2 is 1.68 bits per heavy atom. The molecule has 2 aromatic heterocycles. The minimum Gasteiger partial charge on any atom is -0.342 e. The van der Waals surface area contributed by atoms with E-state index in [1.54, 1.807) is 12.4 Å². The Morgan fingerprint density at radius 1 is 1.00 bits per heavy atom. The van der Waals surface area contributed by atoms with E-state index < -0.39 is 11.6 Å². The number of piperazine rings is 1. The molecule has 3 aromatic rings. The van der Waals surface area contributed by atoms with E-state index >= 15 is 0 Å². The first-order valence-corrected chi connectivity index (χ1v) is 13.6. The van der Waals surface area contributed by atoms with E-state index in [-0.39, 0.29) is 11.8 Å². The molecule has 1 spiro atoms. The van der Waals surface area contributed by atoms with Gasteiger partial charge in [-0.1, -0.05) is 32.0 Å². The molecule has 0 saturated carbocycles. The fourth-order valence-corrected chi connectivity index (χ4v) is 5.93. The highest BCUT2D eigenvalue weighted by atomic mass is 16.2. The standard InChI is InChI=1S/C30H38N6O2/c1-21(2)18-27-28(37)35(19-24-10-14-31-15-11-24)30(29(38)32-27)12-16-34(17-13-30)20-26-22(3)33-36(23(26)4)25-8-6-5-7-9-25/h5-11,14-15,21,27H,12-13,16-20H2,1-4H3,(H,32,38). The third-order valence-corrected chi connectivity index (χ3v) is 8.11. The lowest BCUT2D eigenvalue weighted by Crippen LogP contribution is -2.72. The normalized spacial score (nSPS) is 19.8. The molecule has 2 aliphatic rings. The van der Waals surface area contributed by atoms with E-state index in [2.05, 4.69) is 55.0 Å². The van der Waals surface area contributed by atoms with Crippen molar-refractivity contribution in [3.8, 4) is 5.69 Å². The molecule has 1 N–H and O–H groups in total. The number of piperidine rings is 1. The zero-order valence-electron chi connectivity index (χ0n) is 22.9. The lowest BCUT2D eigenvalue weighted by Gasteiger charge is -2.52. The second kappa shape index (κ2) is 10.7. The number of nitrogens with one attached hydrogen (secondary N) is 1. The maximum absolute atomic E-state index is 13.8. The van der Waals surface area contributed by atoms with Gasteiger partial charge in [-0.3, -0.25) is 19.5 Å². The predicted octanol–water partition coefficient (Wildman–Crippen LogP) is 3.79. The van der Waals surface area contributed by atoms with Gasteiger partial charge >= 0.3 is 0 Å². The Labute approximate surface area is 225 Å². The molecule has 4 heterocycles. The molecule has 38 heavy (non-hydrogen) atoms. The summed E-state index contributed by atoms with van der Waals surface area (Å²) in [5.74, 6) is 0.325. The van der Waals surface area contributed by atoms with Crippen molar-refractivity contribution in [3.63, 3.8) is 0 Å². The lowest BCUT2D eigenvalue weighted by molar-refractivity contribution is -0.162. The quantitative estimate of drug-likeness (QED) is 0.519. The molecule has 5 rings (SSSR count). The largest absolute Gasteiger partial charge is 0.342 e. The topological polar surface area (TPSA) is 83.4 Å². The van der Waals surface area contributed by atoms with E-state index in [1.807, 2.05) is 39.9 Å². The Bertz CT molecular complexity index is 1280. The highest BCUT2D eigenvalue weighted by Gasteiger charge is 2.53. The van der Waals surface area contributed by atoms with Gasteiger partial charge < -0.3 is 10.2 Å². The summed E-state index contributed by atoms with van der Waals surface area (Å²) in [5, 5.41) is 7.91. The highest BCUT2D eigenvalue weighted by Crippen LogP contribution is 2.36. The van der Waals surface area contributed by atoms with Gasteiger partial charge in [-0.15, -0.1) is 0 Å². The second-order valence-corrected chi connectivity index (χ2v) is 11.1. The number of pyridine rings is 1. The van der Waals surface area contributed by atoms with Gasteiger partial charge in [-0.2, -0.15) is 5.10 Å². The molecule has 0 radical (unpaired) electrons. The van der Waals surface area contributed by atoms with Crippen LogP contribution in [-0.4, -0.2) is 61.0 Å². The SMILES string of the molecule is Cc1nn(-c2ccccc2)c(C)c1CN1CCC2(CC1)C(=O)NC(CC(C)C)C(=O)N2Cc1ccncc1. The summed E-state index contributed by atoms with van der Waals surface area (Å²) in [7, 11) is 0. The summed E-state index contributed by atoms with van der Waals surface area (Å²) in [4.78, 5) is 35.8. The maximum Gasteiger partial charge on any atom is 0.246 e. The number of benzene rings is 1. The third kappa shape index (κ3) is 4.97. The zero-order valence-corrected chi connectivity index (χ0v) is 22.9. The molecule has 0 aliphatic carbocycles. The fraction of sp³-hybridized carbons (Fsp3) is 0.467. The van der Waals surface area contributed by atoms with Crippen molar-refractivity contribution in [1.29, 1.82) is 0 Å². The van der Waals surface area contributed by atoms with Crippen LogP contribution in [0.3, 0.4) is 0 Å². The number of para-hydroxylation sites is 1. The van der Waals surface area contributed by atoms with Gasteiger partial charge in [0.2, 0.25) is 11.8 Å². The van der Waals surface area contributed by atoms with Gasteiger partial charge in [0, 0.05) is 49.8 Å². The molecule has 2 aliphatic heterocycles. The van der Waals surface area contributed by atoms with Crippen LogP contribution in [0.1, 0.15) is 55.6 Å². The molecule has 1 atom stereocenters. The van der Waals surface area contributed by atoms with Crippen molar-refractivity contribution < 1.29 is 9.59 Å². The van der Waals surface area contributed by atoms with Crippen LogP contribution in [-0.2, 0) is 22.7 Å². The van der Waals surface area contributed by atoms with Gasteiger partial charge in [0.25, 0.3) is 0 Å². The predicted molar refractivity (Wildman–Crippen MR) is 146 cm³/mol. The van der Waals surface area contributed by atoms with Crippen molar-refractivity contribution in [1.82, 2.24) is 29.9 Å². The highest BCUT2D eigenvalue weighted by molar-refractivity contribution is 6.00. The smallest absolute Gasteiger partial charge is 0.246 e. The number of carbonyl (C=O) groups is 2. The van der Waals surface area contributed by atoms with Crippen molar-refractivity contribution in [3.05, 3.63) is 77.4 Å². The average molecular weight is 515 g/mol. The summed E-state index contributed by atoms with van der Waals surface area (Å²) in [6, 6.07) is 13.6. The van der Waals surface area contributed by atoms with Crippen molar-refractivity contribution in [2.75, 3.05) is 13.1 Å². The number of hydrogen-bond acceptors (Lipinski definition) is 5. The summed E-state index contributed by atoms with van der Waals surface area (Å²) < 4.78 is 2.01. The van der Waals surface area contributed by atoms with Crippen LogP contribution in [0.2, 0.25) is 0 Å². The molecule has 1 aromatic carbocycles. The second-order valence-electron chi connectivity index (χ2n) is 11.1. The molecule has 200 valence electrons. The Balaban J connectivity index is 1.35. The van der Waals surface area contributed by atoms with E-state index in [0.717, 1.165) is 42.3 Å². The number of hydrogen-bond donors (Lipinski definition) is 1. The summed E-state index contributed by atoms with van der Waals surface area (Å²) in [6.45, 7) is 11.0. The first-order chi connectivity index (χ1) is 18.3. The van der Waals surface area contributed by atoms with Gasteiger partial charge in [-0.25, -0.2) is 4.68 Å². The number of amides is 2. The molecule has 2 fully saturated rings. The number of aromatic nitrogens is 3. The number of likely N-dealkylation sites (tertiary alicyclic amines) is 1. The van der Waals surface area contributed by atoms with Crippen LogP contribution in [0.4, 0.5) is 0 Å².